The molecule has 3 N–H and O–H groups in total. The molecule has 1 atom stereocenters. The zero-order chi connectivity index (χ0) is 20.8. The summed E-state index contributed by atoms with van der Waals surface area (Å²) in [6, 6.07) is 14.2. The Hall–Kier alpha value is -3.35. The fourth-order valence-electron chi connectivity index (χ4n) is 3.44. The number of nitrogens with zero attached hydrogens (tertiary/aromatic N) is 1. The number of benzene rings is 2. The van der Waals surface area contributed by atoms with Crippen LogP contribution in [0.5, 0.6) is 0 Å². The van der Waals surface area contributed by atoms with E-state index in [2.05, 4.69) is 10.6 Å². The molecule has 2 aromatic carbocycles. The molecule has 0 radical (unpaired) electrons. The number of carbonyl (C=O) groups is 3. The number of carboxylic acids is 1. The molecule has 0 saturated carbocycles. The molecule has 1 aliphatic heterocycles. The van der Waals surface area contributed by atoms with Crippen molar-refractivity contribution in [3.63, 3.8) is 0 Å². The Bertz CT molecular complexity index is 898. The molecule has 2 aromatic rings. The summed E-state index contributed by atoms with van der Waals surface area (Å²) in [6.45, 7) is 0.684. The molecule has 152 valence electrons. The van der Waals surface area contributed by atoms with Crippen molar-refractivity contribution in [2.45, 2.75) is 31.7 Å². The molecular formula is C22H25N3O4. The van der Waals surface area contributed by atoms with E-state index in [0.717, 1.165) is 17.5 Å². The van der Waals surface area contributed by atoms with Crippen LogP contribution < -0.4 is 10.6 Å². The predicted molar refractivity (Wildman–Crippen MR) is 110 cm³/mol. The lowest BCUT2D eigenvalue weighted by molar-refractivity contribution is -0.137. The minimum atomic E-state index is -0.900. The van der Waals surface area contributed by atoms with Crippen LogP contribution in [-0.2, 0) is 17.6 Å². The van der Waals surface area contributed by atoms with E-state index in [-0.39, 0.29) is 18.4 Å². The van der Waals surface area contributed by atoms with Crippen LogP contribution in [0.25, 0.3) is 0 Å². The average Bonchev–Trinajstić information content (AvgIpc) is 2.70. The van der Waals surface area contributed by atoms with E-state index in [1.54, 1.807) is 24.1 Å². The first-order valence-corrected chi connectivity index (χ1v) is 9.64. The first-order valence-electron chi connectivity index (χ1n) is 9.64. The van der Waals surface area contributed by atoms with E-state index in [9.17, 15) is 14.4 Å². The molecule has 7 nitrogen and oxygen atoms in total. The maximum Gasteiger partial charge on any atom is 0.319 e. The molecule has 7 heteroatoms. The molecule has 1 heterocycles. The lowest BCUT2D eigenvalue weighted by Gasteiger charge is -2.25. The Kier molecular flexibility index (Phi) is 6.49. The molecule has 1 aliphatic rings. The van der Waals surface area contributed by atoms with E-state index in [0.29, 0.717) is 30.6 Å². The van der Waals surface area contributed by atoms with Gasteiger partial charge in [0.2, 0.25) is 0 Å². The van der Waals surface area contributed by atoms with E-state index in [4.69, 9.17) is 5.11 Å². The lowest BCUT2D eigenvalue weighted by atomic mass is 9.99. The van der Waals surface area contributed by atoms with Gasteiger partial charge in [-0.2, -0.15) is 0 Å². The molecule has 29 heavy (non-hydrogen) atoms. The number of carbonyl (C=O) groups excluding carboxylic acids is 2. The van der Waals surface area contributed by atoms with Crippen LogP contribution in [0.4, 0.5) is 10.5 Å². The van der Waals surface area contributed by atoms with E-state index in [1.807, 2.05) is 36.4 Å². The second-order valence-electron chi connectivity index (χ2n) is 7.27. The van der Waals surface area contributed by atoms with Gasteiger partial charge in [0.05, 0.1) is 0 Å². The first-order chi connectivity index (χ1) is 13.9. The molecular weight excluding hydrogens is 370 g/mol. The minimum absolute atomic E-state index is 0.0303. The topological polar surface area (TPSA) is 98.7 Å². The maximum atomic E-state index is 12.5. The Balaban J connectivity index is 1.66. The largest absolute Gasteiger partial charge is 0.481 e. The average molecular weight is 395 g/mol. The summed E-state index contributed by atoms with van der Waals surface area (Å²) >= 11 is 0. The highest BCUT2D eigenvalue weighted by atomic mass is 16.4. The van der Waals surface area contributed by atoms with Crippen LogP contribution in [0.2, 0.25) is 0 Å². The number of hydrogen-bond acceptors (Lipinski definition) is 3. The summed E-state index contributed by atoms with van der Waals surface area (Å²) in [5.74, 6) is -0.957. The SMILES string of the molecule is CN1CCc2ccc(NC(=O)NC(CCC(=O)O)Cc3ccccc3)cc2C1=O. The first kappa shape index (κ1) is 20.4. The smallest absolute Gasteiger partial charge is 0.319 e. The Labute approximate surface area is 169 Å². The van der Waals surface area contributed by atoms with Crippen molar-refractivity contribution in [3.8, 4) is 0 Å². The Morgan fingerprint density at radius 1 is 1.17 bits per heavy atom. The summed E-state index contributed by atoms with van der Waals surface area (Å²) in [5.41, 5.74) is 3.12. The number of rotatable bonds is 7. The van der Waals surface area contributed by atoms with Crippen LogP contribution in [0, 0.1) is 0 Å². The van der Waals surface area contributed by atoms with E-state index in [1.165, 1.54) is 0 Å². The monoisotopic (exact) mass is 395 g/mol. The fourth-order valence-corrected chi connectivity index (χ4v) is 3.44. The third kappa shape index (κ3) is 5.57. The van der Waals surface area contributed by atoms with Crippen LogP contribution in [0.3, 0.4) is 0 Å². The van der Waals surface area contributed by atoms with Gasteiger partial charge < -0.3 is 20.6 Å². The van der Waals surface area contributed by atoms with Gasteiger partial charge in [-0.05, 0) is 42.5 Å². The molecule has 0 bridgehead atoms. The van der Waals surface area contributed by atoms with Crippen LogP contribution >= 0.6 is 0 Å². The number of anilines is 1. The highest BCUT2D eigenvalue weighted by molar-refractivity contribution is 5.99. The highest BCUT2D eigenvalue weighted by Crippen LogP contribution is 2.22. The number of amides is 3. The summed E-state index contributed by atoms with van der Waals surface area (Å²) in [6.07, 6.45) is 1.62. The summed E-state index contributed by atoms with van der Waals surface area (Å²) in [4.78, 5) is 37.5. The quantitative estimate of drug-likeness (QED) is 0.671. The summed E-state index contributed by atoms with van der Waals surface area (Å²) in [7, 11) is 1.76. The van der Waals surface area contributed by atoms with Crippen LogP contribution in [0.15, 0.2) is 48.5 Å². The standard InChI is InChI=1S/C22H25N3O4/c1-25-12-11-16-7-8-18(14-19(16)21(25)28)24-22(29)23-17(9-10-20(26)27)13-15-5-3-2-4-6-15/h2-8,14,17H,9-13H2,1H3,(H,26,27)(H2,23,24,29). The molecule has 0 saturated heterocycles. The number of carboxylic acid groups (broad SMARTS) is 1. The highest BCUT2D eigenvalue weighted by Gasteiger charge is 2.22. The zero-order valence-electron chi connectivity index (χ0n) is 16.4. The molecule has 3 amide bonds. The number of fused-ring (bicyclic) bond motifs is 1. The molecule has 0 aliphatic carbocycles. The van der Waals surface area contributed by atoms with Crippen LogP contribution in [-0.4, -0.2) is 47.5 Å². The normalized spacial score (nSPS) is 14.1. The van der Waals surface area contributed by atoms with Gasteiger partial charge in [-0.1, -0.05) is 36.4 Å². The van der Waals surface area contributed by atoms with Crippen LogP contribution in [0.1, 0.15) is 34.3 Å². The van der Waals surface area contributed by atoms with Gasteiger partial charge in [-0.3, -0.25) is 9.59 Å². The maximum absolute atomic E-state index is 12.5. The van der Waals surface area contributed by atoms with Crippen molar-refractivity contribution in [1.82, 2.24) is 10.2 Å². The molecule has 0 fully saturated rings. The number of hydrogen-bond donors (Lipinski definition) is 3. The van der Waals surface area contributed by atoms with Gasteiger partial charge in [0.25, 0.3) is 5.91 Å². The van der Waals surface area contributed by atoms with Gasteiger partial charge >= 0.3 is 12.0 Å². The van der Waals surface area contributed by atoms with Crippen molar-refractivity contribution in [2.75, 3.05) is 18.9 Å². The number of nitrogens with one attached hydrogen (secondary N) is 2. The molecule has 3 rings (SSSR count). The molecule has 1 unspecified atom stereocenters. The van der Waals surface area contributed by atoms with E-state index < -0.39 is 12.0 Å². The van der Waals surface area contributed by atoms with Gasteiger partial charge in [0.1, 0.15) is 0 Å². The second kappa shape index (κ2) is 9.23. The van der Waals surface area contributed by atoms with Crippen molar-refractivity contribution in [2.24, 2.45) is 0 Å². The van der Waals surface area contributed by atoms with Gasteiger partial charge in [0, 0.05) is 37.3 Å². The number of likely N-dealkylation sites (N-methyl/N-ethyl adjacent to an activating group) is 1. The van der Waals surface area contributed by atoms with Crippen molar-refractivity contribution >= 4 is 23.6 Å². The molecule has 0 spiro atoms. The third-order valence-corrected chi connectivity index (χ3v) is 5.03. The van der Waals surface area contributed by atoms with Crippen molar-refractivity contribution in [3.05, 3.63) is 65.2 Å². The fraction of sp³-hybridized carbons (Fsp3) is 0.318. The Morgan fingerprint density at radius 2 is 1.93 bits per heavy atom. The Morgan fingerprint density at radius 3 is 2.66 bits per heavy atom. The molecule has 0 aromatic heterocycles. The minimum Gasteiger partial charge on any atom is -0.481 e. The van der Waals surface area contributed by atoms with Crippen molar-refractivity contribution in [1.29, 1.82) is 0 Å². The second-order valence-corrected chi connectivity index (χ2v) is 7.27. The zero-order valence-corrected chi connectivity index (χ0v) is 16.4. The number of urea groups is 1. The summed E-state index contributed by atoms with van der Waals surface area (Å²) in [5, 5.41) is 14.6. The van der Waals surface area contributed by atoms with Gasteiger partial charge in [0.15, 0.2) is 0 Å². The lowest BCUT2D eigenvalue weighted by Crippen LogP contribution is -2.40. The van der Waals surface area contributed by atoms with Gasteiger partial charge in [-0.15, -0.1) is 0 Å². The third-order valence-electron chi connectivity index (χ3n) is 5.03. The van der Waals surface area contributed by atoms with Crippen molar-refractivity contribution < 1.29 is 19.5 Å². The number of aliphatic carboxylic acids is 1. The van der Waals surface area contributed by atoms with E-state index >= 15 is 0 Å². The summed E-state index contributed by atoms with van der Waals surface area (Å²) < 4.78 is 0. The predicted octanol–water partition coefficient (Wildman–Crippen LogP) is 2.91. The van der Waals surface area contributed by atoms with Gasteiger partial charge in [-0.25, -0.2) is 4.79 Å².